The second-order valence-electron chi connectivity index (χ2n) is 5.49. The molecule has 110 valence electrons. The van der Waals surface area contributed by atoms with Gasteiger partial charge < -0.3 is 9.42 Å². The highest BCUT2D eigenvalue weighted by Crippen LogP contribution is 2.33. The van der Waals surface area contributed by atoms with Crippen LogP contribution in [0.3, 0.4) is 0 Å². The number of aryl methyl sites for hydroxylation is 2. The SMILES string of the molecule is Cc1cc(C2CCCN2C(=O)c2ccc(C)c(Br)c2)on1. The van der Waals surface area contributed by atoms with Gasteiger partial charge in [-0.05, 0) is 44.4 Å². The first-order valence-corrected chi connectivity index (χ1v) is 7.86. The molecule has 1 unspecified atom stereocenters. The van der Waals surface area contributed by atoms with Crippen molar-refractivity contribution in [3.63, 3.8) is 0 Å². The van der Waals surface area contributed by atoms with Crippen LogP contribution < -0.4 is 0 Å². The van der Waals surface area contributed by atoms with Crippen molar-refractivity contribution >= 4 is 21.8 Å². The molecule has 1 saturated heterocycles. The number of likely N-dealkylation sites (tertiary alicyclic amines) is 1. The van der Waals surface area contributed by atoms with Crippen LogP contribution in [0.25, 0.3) is 0 Å². The van der Waals surface area contributed by atoms with Crippen molar-refractivity contribution in [3.05, 3.63) is 51.3 Å². The highest BCUT2D eigenvalue weighted by molar-refractivity contribution is 9.10. The summed E-state index contributed by atoms with van der Waals surface area (Å²) < 4.78 is 6.31. The van der Waals surface area contributed by atoms with Gasteiger partial charge >= 0.3 is 0 Å². The second-order valence-corrected chi connectivity index (χ2v) is 6.35. The van der Waals surface area contributed by atoms with E-state index >= 15 is 0 Å². The molecule has 1 aliphatic rings. The molecule has 0 bridgehead atoms. The summed E-state index contributed by atoms with van der Waals surface area (Å²) in [5, 5.41) is 3.93. The summed E-state index contributed by atoms with van der Waals surface area (Å²) in [6, 6.07) is 7.64. The van der Waals surface area contributed by atoms with Crippen LogP contribution in [0.1, 0.15) is 46.3 Å². The van der Waals surface area contributed by atoms with Crippen molar-refractivity contribution in [2.45, 2.75) is 32.7 Å². The van der Waals surface area contributed by atoms with Gasteiger partial charge in [0.2, 0.25) is 0 Å². The Morgan fingerprint density at radius 1 is 1.38 bits per heavy atom. The fraction of sp³-hybridized carbons (Fsp3) is 0.375. The Balaban J connectivity index is 1.87. The van der Waals surface area contributed by atoms with Gasteiger partial charge in [-0.2, -0.15) is 0 Å². The van der Waals surface area contributed by atoms with Crippen LogP contribution >= 0.6 is 15.9 Å². The van der Waals surface area contributed by atoms with Gasteiger partial charge in [-0.3, -0.25) is 4.79 Å². The summed E-state index contributed by atoms with van der Waals surface area (Å²) in [6.07, 6.45) is 1.91. The molecule has 1 aromatic carbocycles. The third kappa shape index (κ3) is 2.75. The van der Waals surface area contributed by atoms with Crippen molar-refractivity contribution in [1.29, 1.82) is 0 Å². The molecule has 1 amide bonds. The van der Waals surface area contributed by atoms with Gasteiger partial charge in [0.05, 0.1) is 11.7 Å². The Morgan fingerprint density at radius 3 is 2.86 bits per heavy atom. The van der Waals surface area contributed by atoms with Crippen LogP contribution in [0, 0.1) is 13.8 Å². The normalized spacial score (nSPS) is 18.2. The van der Waals surface area contributed by atoms with Crippen LogP contribution in [0.15, 0.2) is 33.3 Å². The van der Waals surface area contributed by atoms with E-state index in [0.29, 0.717) is 5.56 Å². The number of rotatable bonds is 2. The smallest absolute Gasteiger partial charge is 0.254 e. The lowest BCUT2D eigenvalue weighted by Crippen LogP contribution is -2.30. The highest BCUT2D eigenvalue weighted by Gasteiger charge is 2.33. The van der Waals surface area contributed by atoms with Crippen molar-refractivity contribution in [3.8, 4) is 0 Å². The summed E-state index contributed by atoms with van der Waals surface area (Å²) in [7, 11) is 0. The first-order chi connectivity index (χ1) is 10.1. The standard InChI is InChI=1S/C16H17BrN2O2/c1-10-5-6-12(9-13(10)17)16(20)19-7-3-4-14(19)15-8-11(2)18-21-15/h5-6,8-9,14H,3-4,7H2,1-2H3. The van der Waals surface area contributed by atoms with E-state index in [4.69, 9.17) is 4.52 Å². The molecule has 0 N–H and O–H groups in total. The van der Waals surface area contributed by atoms with Gasteiger partial charge in [0.15, 0.2) is 5.76 Å². The summed E-state index contributed by atoms with van der Waals surface area (Å²) in [4.78, 5) is 14.6. The molecular formula is C16H17BrN2O2. The topological polar surface area (TPSA) is 46.3 Å². The number of carbonyl (C=O) groups is 1. The van der Waals surface area contributed by atoms with E-state index in [1.807, 2.05) is 43.0 Å². The maximum absolute atomic E-state index is 12.7. The Bertz CT molecular complexity index is 681. The zero-order chi connectivity index (χ0) is 15.0. The summed E-state index contributed by atoms with van der Waals surface area (Å²) in [6.45, 7) is 4.66. The Kier molecular flexibility index (Phi) is 3.85. The Hall–Kier alpha value is -1.62. The van der Waals surface area contributed by atoms with Gasteiger partial charge in [-0.1, -0.05) is 27.2 Å². The maximum Gasteiger partial charge on any atom is 0.254 e. The maximum atomic E-state index is 12.7. The molecule has 5 heteroatoms. The monoisotopic (exact) mass is 348 g/mol. The molecule has 1 aromatic heterocycles. The molecular weight excluding hydrogens is 332 g/mol. The molecule has 1 aliphatic heterocycles. The fourth-order valence-corrected chi connectivity index (χ4v) is 3.12. The van der Waals surface area contributed by atoms with E-state index in [0.717, 1.165) is 40.9 Å². The van der Waals surface area contributed by atoms with Crippen LogP contribution in [-0.4, -0.2) is 22.5 Å². The zero-order valence-corrected chi connectivity index (χ0v) is 13.7. The van der Waals surface area contributed by atoms with Crippen LogP contribution in [0.5, 0.6) is 0 Å². The number of carbonyl (C=O) groups excluding carboxylic acids is 1. The molecule has 3 rings (SSSR count). The predicted molar refractivity (Wildman–Crippen MR) is 83.1 cm³/mol. The molecule has 0 aliphatic carbocycles. The number of nitrogens with zero attached hydrogens (tertiary/aromatic N) is 2. The quantitative estimate of drug-likeness (QED) is 0.822. The van der Waals surface area contributed by atoms with Crippen LogP contribution in [-0.2, 0) is 0 Å². The minimum atomic E-state index is -0.00113. The van der Waals surface area contributed by atoms with Gasteiger partial charge in [0.1, 0.15) is 0 Å². The molecule has 4 nitrogen and oxygen atoms in total. The largest absolute Gasteiger partial charge is 0.359 e. The first-order valence-electron chi connectivity index (χ1n) is 7.06. The summed E-state index contributed by atoms with van der Waals surface area (Å²) >= 11 is 3.49. The highest BCUT2D eigenvalue weighted by atomic mass is 79.9. The van der Waals surface area contributed by atoms with Gasteiger partial charge in [0.25, 0.3) is 5.91 Å². The molecule has 1 fully saturated rings. The third-order valence-electron chi connectivity index (χ3n) is 3.91. The minimum absolute atomic E-state index is 0.00113. The molecule has 0 radical (unpaired) electrons. The van der Waals surface area contributed by atoms with E-state index in [-0.39, 0.29) is 11.9 Å². The van der Waals surface area contributed by atoms with E-state index < -0.39 is 0 Å². The number of halogens is 1. The van der Waals surface area contributed by atoms with Gasteiger partial charge in [-0.15, -0.1) is 0 Å². The Labute approximate surface area is 132 Å². The fourth-order valence-electron chi connectivity index (χ4n) is 2.74. The molecule has 2 heterocycles. The van der Waals surface area contributed by atoms with E-state index in [9.17, 15) is 4.79 Å². The minimum Gasteiger partial charge on any atom is -0.359 e. The number of amides is 1. The zero-order valence-electron chi connectivity index (χ0n) is 12.1. The first kappa shape index (κ1) is 14.3. The van der Waals surface area contributed by atoms with Crippen LogP contribution in [0.4, 0.5) is 0 Å². The van der Waals surface area contributed by atoms with Crippen molar-refractivity contribution < 1.29 is 9.32 Å². The van der Waals surface area contributed by atoms with E-state index in [2.05, 4.69) is 21.1 Å². The molecule has 0 saturated carbocycles. The number of hydrogen-bond acceptors (Lipinski definition) is 3. The predicted octanol–water partition coefficient (Wildman–Crippen LogP) is 4.03. The lowest BCUT2D eigenvalue weighted by molar-refractivity contribution is 0.0714. The number of hydrogen-bond donors (Lipinski definition) is 0. The number of benzene rings is 1. The lowest BCUT2D eigenvalue weighted by Gasteiger charge is -2.23. The van der Waals surface area contributed by atoms with E-state index in [1.165, 1.54) is 0 Å². The molecule has 21 heavy (non-hydrogen) atoms. The average Bonchev–Trinajstić information content (AvgIpc) is 3.09. The molecule has 0 spiro atoms. The second kappa shape index (κ2) is 5.64. The Morgan fingerprint density at radius 2 is 2.19 bits per heavy atom. The van der Waals surface area contributed by atoms with Crippen molar-refractivity contribution in [2.75, 3.05) is 6.54 Å². The average molecular weight is 349 g/mol. The molecule has 1 atom stereocenters. The van der Waals surface area contributed by atoms with Crippen molar-refractivity contribution in [2.24, 2.45) is 0 Å². The van der Waals surface area contributed by atoms with Crippen molar-refractivity contribution in [1.82, 2.24) is 10.1 Å². The summed E-state index contributed by atoms with van der Waals surface area (Å²) in [5.74, 6) is 0.830. The van der Waals surface area contributed by atoms with E-state index in [1.54, 1.807) is 0 Å². The van der Waals surface area contributed by atoms with Crippen LogP contribution in [0.2, 0.25) is 0 Å². The summed E-state index contributed by atoms with van der Waals surface area (Å²) in [5.41, 5.74) is 2.67. The number of aromatic nitrogens is 1. The van der Waals surface area contributed by atoms with Gasteiger partial charge in [0, 0.05) is 22.6 Å². The van der Waals surface area contributed by atoms with Gasteiger partial charge in [-0.25, -0.2) is 0 Å². The molecule has 2 aromatic rings. The third-order valence-corrected chi connectivity index (χ3v) is 4.76. The lowest BCUT2D eigenvalue weighted by atomic mass is 10.1.